The molecule has 0 fully saturated rings. The van der Waals surface area contributed by atoms with Gasteiger partial charge in [-0.05, 0) is 43.7 Å². The van der Waals surface area contributed by atoms with Gasteiger partial charge in [0.1, 0.15) is 11.5 Å². The van der Waals surface area contributed by atoms with Crippen LogP contribution in [0.5, 0.6) is 5.75 Å². The highest BCUT2D eigenvalue weighted by Crippen LogP contribution is 2.42. The van der Waals surface area contributed by atoms with Crippen LogP contribution in [-0.2, 0) is 0 Å². The summed E-state index contributed by atoms with van der Waals surface area (Å²) < 4.78 is 16.6. The summed E-state index contributed by atoms with van der Waals surface area (Å²) in [5.41, 5.74) is 0.587. The fraction of sp³-hybridized carbons (Fsp3) is 0.174. The van der Waals surface area contributed by atoms with E-state index in [-0.39, 0.29) is 38.6 Å². The minimum Gasteiger partial charge on any atom is -0.494 e. The largest absolute Gasteiger partial charge is 0.494 e. The summed E-state index contributed by atoms with van der Waals surface area (Å²) in [4.78, 5) is 28.4. The molecule has 1 unspecified atom stereocenters. The number of ether oxygens (including phenoxy) is 1. The van der Waals surface area contributed by atoms with Gasteiger partial charge in [-0.15, -0.1) is 0 Å². The van der Waals surface area contributed by atoms with Crippen LogP contribution in [0.2, 0.25) is 10.0 Å². The SMILES string of the molecule is CCOc1ccc(C2c3c(oc4c(Cl)cc(Cl)cc4c3=O)C(=O)N2c2cc(C)on2)cc1. The van der Waals surface area contributed by atoms with Crippen molar-refractivity contribution in [3.63, 3.8) is 0 Å². The van der Waals surface area contributed by atoms with Gasteiger partial charge in [-0.1, -0.05) is 40.5 Å². The zero-order valence-corrected chi connectivity index (χ0v) is 18.5. The molecule has 7 nitrogen and oxygen atoms in total. The van der Waals surface area contributed by atoms with Gasteiger partial charge < -0.3 is 13.7 Å². The maximum atomic E-state index is 13.6. The first kappa shape index (κ1) is 20.6. The number of fused-ring (bicyclic) bond motifs is 2. The molecule has 0 bridgehead atoms. The van der Waals surface area contributed by atoms with Crippen molar-refractivity contribution in [1.82, 2.24) is 5.16 Å². The fourth-order valence-electron chi connectivity index (χ4n) is 3.93. The van der Waals surface area contributed by atoms with Crippen LogP contribution in [0.4, 0.5) is 5.82 Å². The van der Waals surface area contributed by atoms with E-state index in [1.807, 2.05) is 6.92 Å². The number of anilines is 1. The first-order chi connectivity index (χ1) is 15.4. The van der Waals surface area contributed by atoms with Gasteiger partial charge in [-0.25, -0.2) is 0 Å². The van der Waals surface area contributed by atoms with Gasteiger partial charge in [0.05, 0.1) is 28.6 Å². The van der Waals surface area contributed by atoms with Gasteiger partial charge in [0.15, 0.2) is 16.8 Å². The smallest absolute Gasteiger partial charge is 0.296 e. The van der Waals surface area contributed by atoms with Crippen LogP contribution in [0, 0.1) is 6.92 Å². The van der Waals surface area contributed by atoms with E-state index >= 15 is 0 Å². The molecule has 0 saturated carbocycles. The highest BCUT2D eigenvalue weighted by atomic mass is 35.5. The number of aryl methyl sites for hydroxylation is 1. The van der Waals surface area contributed by atoms with Crippen molar-refractivity contribution in [3.05, 3.63) is 85.4 Å². The topological polar surface area (TPSA) is 85.8 Å². The van der Waals surface area contributed by atoms with Crippen LogP contribution in [0.15, 0.2) is 56.2 Å². The van der Waals surface area contributed by atoms with Crippen molar-refractivity contribution in [3.8, 4) is 5.75 Å². The average Bonchev–Trinajstić information content (AvgIpc) is 3.31. The van der Waals surface area contributed by atoms with Gasteiger partial charge in [-0.2, -0.15) is 0 Å². The van der Waals surface area contributed by atoms with E-state index in [0.29, 0.717) is 28.7 Å². The number of carbonyl (C=O) groups is 1. The minimum atomic E-state index is -0.781. The van der Waals surface area contributed by atoms with Crippen molar-refractivity contribution in [2.75, 3.05) is 11.5 Å². The van der Waals surface area contributed by atoms with E-state index in [9.17, 15) is 9.59 Å². The quantitative estimate of drug-likeness (QED) is 0.388. The zero-order valence-electron chi connectivity index (χ0n) is 17.0. The third-order valence-corrected chi connectivity index (χ3v) is 5.76. The van der Waals surface area contributed by atoms with E-state index in [1.165, 1.54) is 17.0 Å². The van der Waals surface area contributed by atoms with Gasteiger partial charge in [-0.3, -0.25) is 14.5 Å². The van der Waals surface area contributed by atoms with Gasteiger partial charge >= 0.3 is 0 Å². The Balaban J connectivity index is 1.78. The molecule has 1 aliphatic rings. The average molecular weight is 471 g/mol. The number of rotatable bonds is 4. The number of benzene rings is 2. The molecule has 0 spiro atoms. The molecule has 1 amide bonds. The second-order valence-corrected chi connectivity index (χ2v) is 8.16. The van der Waals surface area contributed by atoms with Crippen molar-refractivity contribution in [1.29, 1.82) is 0 Å². The normalized spacial score (nSPS) is 15.4. The molecule has 2 aromatic carbocycles. The molecule has 0 aliphatic carbocycles. The molecule has 162 valence electrons. The Morgan fingerprint density at radius 1 is 1.12 bits per heavy atom. The molecule has 3 heterocycles. The highest BCUT2D eigenvalue weighted by Gasteiger charge is 2.45. The van der Waals surface area contributed by atoms with Gasteiger partial charge in [0.25, 0.3) is 5.91 Å². The third kappa shape index (κ3) is 3.16. The maximum absolute atomic E-state index is 13.6. The van der Waals surface area contributed by atoms with Crippen LogP contribution >= 0.6 is 23.2 Å². The molecule has 4 aromatic rings. The van der Waals surface area contributed by atoms with Crippen molar-refractivity contribution in [2.45, 2.75) is 19.9 Å². The first-order valence-electron chi connectivity index (χ1n) is 9.84. The molecule has 2 aromatic heterocycles. The van der Waals surface area contributed by atoms with E-state index in [2.05, 4.69) is 5.16 Å². The van der Waals surface area contributed by atoms with Crippen molar-refractivity contribution >= 4 is 45.9 Å². The molecule has 0 N–H and O–H groups in total. The number of nitrogens with zero attached hydrogens (tertiary/aromatic N) is 2. The Kier molecular flexibility index (Phi) is 4.95. The first-order valence-corrected chi connectivity index (χ1v) is 10.6. The molecule has 1 aliphatic heterocycles. The Bertz CT molecular complexity index is 1430. The lowest BCUT2D eigenvalue weighted by Crippen LogP contribution is -2.29. The predicted molar refractivity (Wildman–Crippen MR) is 120 cm³/mol. The number of carbonyl (C=O) groups excluding carboxylic acids is 1. The number of halogens is 2. The molecule has 32 heavy (non-hydrogen) atoms. The number of hydrogen-bond donors (Lipinski definition) is 0. The summed E-state index contributed by atoms with van der Waals surface area (Å²) in [6.07, 6.45) is 0. The lowest BCUT2D eigenvalue weighted by atomic mass is 9.98. The maximum Gasteiger partial charge on any atom is 0.296 e. The summed E-state index contributed by atoms with van der Waals surface area (Å²) in [6.45, 7) is 4.13. The monoisotopic (exact) mass is 470 g/mol. The Labute approximate surface area is 192 Å². The van der Waals surface area contributed by atoms with Crippen molar-refractivity contribution in [2.24, 2.45) is 0 Å². The standard InChI is InChI=1S/C23H16Cl2N2O5/c1-3-30-14-6-4-12(5-7-14)19-18-20(28)15-9-13(24)10-16(25)21(15)31-22(18)23(29)27(19)17-8-11(2)32-26-17/h4-10,19H,3H2,1-2H3. The molecule has 1 atom stereocenters. The molecule has 0 saturated heterocycles. The van der Waals surface area contributed by atoms with E-state index in [4.69, 9.17) is 36.9 Å². The lowest BCUT2D eigenvalue weighted by Gasteiger charge is -2.22. The van der Waals surface area contributed by atoms with Gasteiger partial charge in [0.2, 0.25) is 5.76 Å². The molecule has 5 rings (SSSR count). The molecule has 0 radical (unpaired) electrons. The van der Waals surface area contributed by atoms with Gasteiger partial charge in [0, 0.05) is 11.1 Å². The van der Waals surface area contributed by atoms with Crippen LogP contribution in [0.25, 0.3) is 11.0 Å². The second-order valence-electron chi connectivity index (χ2n) is 7.31. The van der Waals surface area contributed by atoms with Crippen molar-refractivity contribution < 1.29 is 18.5 Å². The third-order valence-electron chi connectivity index (χ3n) is 5.26. The number of amides is 1. The zero-order chi connectivity index (χ0) is 22.6. The number of hydrogen-bond acceptors (Lipinski definition) is 6. The summed E-state index contributed by atoms with van der Waals surface area (Å²) in [5, 5.41) is 4.64. The Morgan fingerprint density at radius 2 is 1.88 bits per heavy atom. The van der Waals surface area contributed by atoms with E-state index < -0.39 is 11.9 Å². The summed E-state index contributed by atoms with van der Waals surface area (Å²) in [7, 11) is 0. The van der Waals surface area contributed by atoms with E-state index in [0.717, 1.165) is 0 Å². The minimum absolute atomic E-state index is 0.0914. The van der Waals surface area contributed by atoms with Crippen LogP contribution in [0.1, 0.15) is 40.4 Å². The Morgan fingerprint density at radius 3 is 2.53 bits per heavy atom. The molecular weight excluding hydrogens is 455 g/mol. The number of aromatic nitrogens is 1. The lowest BCUT2D eigenvalue weighted by molar-refractivity contribution is 0.0969. The van der Waals surface area contributed by atoms with E-state index in [1.54, 1.807) is 37.3 Å². The van der Waals surface area contributed by atoms with Crippen LogP contribution in [0.3, 0.4) is 0 Å². The summed E-state index contributed by atoms with van der Waals surface area (Å²) in [5.74, 6) is 0.857. The fourth-order valence-corrected chi connectivity index (χ4v) is 4.46. The van der Waals surface area contributed by atoms with Crippen LogP contribution in [-0.4, -0.2) is 17.7 Å². The van der Waals surface area contributed by atoms with Crippen LogP contribution < -0.4 is 15.1 Å². The second kappa shape index (κ2) is 7.69. The molecular formula is C23H16Cl2N2O5. The Hall–Kier alpha value is -3.29. The summed E-state index contributed by atoms with van der Waals surface area (Å²) >= 11 is 12.4. The highest BCUT2D eigenvalue weighted by molar-refractivity contribution is 6.38. The summed E-state index contributed by atoms with van der Waals surface area (Å²) in [6, 6.07) is 10.9. The predicted octanol–water partition coefficient (Wildman–Crippen LogP) is 5.54. The molecule has 9 heteroatoms.